The molecule has 1 unspecified atom stereocenters. The van der Waals surface area contributed by atoms with Gasteiger partial charge in [-0.25, -0.2) is 0 Å². The smallest absolute Gasteiger partial charge is 0.0718 e. The minimum absolute atomic E-state index is 0.446. The normalized spacial score (nSPS) is 18.2. The summed E-state index contributed by atoms with van der Waals surface area (Å²) in [5.41, 5.74) is 3.86. The molecule has 0 fully saturated rings. The second-order valence-electron chi connectivity index (χ2n) is 4.71. The van der Waals surface area contributed by atoms with Gasteiger partial charge < -0.3 is 5.32 Å². The van der Waals surface area contributed by atoms with Crippen LogP contribution in [0.4, 0.5) is 5.69 Å². The van der Waals surface area contributed by atoms with Crippen LogP contribution in [0.15, 0.2) is 42.7 Å². The molecule has 0 amide bonds. The van der Waals surface area contributed by atoms with Crippen molar-refractivity contribution in [2.24, 2.45) is 0 Å². The molecule has 1 atom stereocenters. The topological polar surface area (TPSA) is 24.9 Å². The van der Waals surface area contributed by atoms with Crippen molar-refractivity contribution in [2.75, 3.05) is 5.32 Å². The van der Waals surface area contributed by atoms with E-state index in [1.807, 2.05) is 6.07 Å². The minimum atomic E-state index is 0.446. The summed E-state index contributed by atoms with van der Waals surface area (Å²) in [5.74, 6) is 0. The number of halogens is 1. The number of aromatic nitrogens is 1. The maximum atomic E-state index is 6.14. The average molecular weight is 259 g/mol. The van der Waals surface area contributed by atoms with Crippen LogP contribution in [0.3, 0.4) is 0 Å². The number of nitrogens with zero attached hydrogens (tertiary/aromatic N) is 1. The largest absolute Gasteiger partial charge is 0.380 e. The van der Waals surface area contributed by atoms with Crippen LogP contribution in [-0.2, 0) is 12.8 Å². The van der Waals surface area contributed by atoms with Crippen molar-refractivity contribution < 1.29 is 0 Å². The zero-order chi connectivity index (χ0) is 12.4. The second kappa shape index (κ2) is 4.99. The van der Waals surface area contributed by atoms with Crippen LogP contribution in [-0.4, -0.2) is 11.0 Å². The first-order valence-corrected chi connectivity index (χ1v) is 6.63. The third-order valence-electron chi connectivity index (χ3n) is 3.47. The summed E-state index contributed by atoms with van der Waals surface area (Å²) in [6.45, 7) is 0. The predicted molar refractivity (Wildman–Crippen MR) is 75.1 cm³/mol. The Morgan fingerprint density at radius 1 is 1.17 bits per heavy atom. The molecule has 3 heteroatoms. The lowest BCUT2D eigenvalue weighted by Crippen LogP contribution is -2.27. The van der Waals surface area contributed by atoms with Crippen LogP contribution in [0.5, 0.6) is 0 Å². The predicted octanol–water partition coefficient (Wildman–Crippen LogP) is 3.70. The lowest BCUT2D eigenvalue weighted by Gasteiger charge is -2.26. The van der Waals surface area contributed by atoms with Crippen LogP contribution in [0.25, 0.3) is 0 Å². The van der Waals surface area contributed by atoms with Crippen LogP contribution in [0, 0.1) is 0 Å². The van der Waals surface area contributed by atoms with Crippen LogP contribution < -0.4 is 5.32 Å². The summed E-state index contributed by atoms with van der Waals surface area (Å²) in [6.07, 6.45) is 6.84. The van der Waals surface area contributed by atoms with E-state index in [0.717, 1.165) is 30.0 Å². The number of fused-ring (bicyclic) bond motifs is 1. The van der Waals surface area contributed by atoms with Gasteiger partial charge in [0.2, 0.25) is 0 Å². The van der Waals surface area contributed by atoms with E-state index in [1.54, 1.807) is 12.4 Å². The van der Waals surface area contributed by atoms with E-state index in [0.29, 0.717) is 6.04 Å². The molecule has 0 aliphatic heterocycles. The quantitative estimate of drug-likeness (QED) is 0.888. The molecule has 1 aliphatic carbocycles. The van der Waals surface area contributed by atoms with Gasteiger partial charge in [0.1, 0.15) is 0 Å². The fraction of sp³-hybridized carbons (Fsp3) is 0.267. The Morgan fingerprint density at radius 3 is 2.83 bits per heavy atom. The SMILES string of the molecule is Clc1ccncc1NC1CCc2ccccc2C1. The second-order valence-corrected chi connectivity index (χ2v) is 5.12. The molecular weight excluding hydrogens is 244 g/mol. The lowest BCUT2D eigenvalue weighted by molar-refractivity contribution is 0.611. The number of hydrogen-bond acceptors (Lipinski definition) is 2. The Balaban J connectivity index is 1.75. The van der Waals surface area contributed by atoms with Crippen molar-refractivity contribution >= 4 is 17.3 Å². The van der Waals surface area contributed by atoms with Crippen molar-refractivity contribution in [3.63, 3.8) is 0 Å². The van der Waals surface area contributed by atoms with Crippen LogP contribution >= 0.6 is 11.6 Å². The number of rotatable bonds is 2. The van der Waals surface area contributed by atoms with Gasteiger partial charge in [0, 0.05) is 12.2 Å². The zero-order valence-electron chi connectivity index (χ0n) is 10.1. The minimum Gasteiger partial charge on any atom is -0.380 e. The summed E-state index contributed by atoms with van der Waals surface area (Å²) in [7, 11) is 0. The van der Waals surface area contributed by atoms with E-state index in [1.165, 1.54) is 11.1 Å². The number of nitrogens with one attached hydrogen (secondary N) is 1. The van der Waals surface area contributed by atoms with Crippen molar-refractivity contribution in [1.82, 2.24) is 4.98 Å². The highest BCUT2D eigenvalue weighted by atomic mass is 35.5. The zero-order valence-corrected chi connectivity index (χ0v) is 10.8. The average Bonchev–Trinajstić information content (AvgIpc) is 2.41. The van der Waals surface area contributed by atoms with Crippen LogP contribution in [0.1, 0.15) is 17.5 Å². The lowest BCUT2D eigenvalue weighted by atomic mass is 9.88. The van der Waals surface area contributed by atoms with Crippen molar-refractivity contribution in [2.45, 2.75) is 25.3 Å². The van der Waals surface area contributed by atoms with Crippen molar-refractivity contribution in [3.05, 3.63) is 58.9 Å². The molecule has 0 spiro atoms. The number of aryl methyl sites for hydroxylation is 1. The molecule has 1 aliphatic rings. The Hall–Kier alpha value is -1.54. The highest BCUT2D eigenvalue weighted by molar-refractivity contribution is 6.33. The standard InChI is InChI=1S/C15H15ClN2/c16-14-7-8-17-10-15(14)18-13-6-5-11-3-1-2-4-12(11)9-13/h1-4,7-8,10,13,18H,5-6,9H2. The van der Waals surface area contributed by atoms with Gasteiger partial charge in [-0.15, -0.1) is 0 Å². The van der Waals surface area contributed by atoms with Gasteiger partial charge in [-0.3, -0.25) is 4.98 Å². The highest BCUT2D eigenvalue weighted by Crippen LogP contribution is 2.26. The van der Waals surface area contributed by atoms with E-state index in [4.69, 9.17) is 11.6 Å². The number of hydrogen-bond donors (Lipinski definition) is 1. The summed E-state index contributed by atoms with van der Waals surface area (Å²) in [6, 6.07) is 10.9. The van der Waals surface area contributed by atoms with Crippen molar-refractivity contribution in [1.29, 1.82) is 0 Å². The molecule has 0 saturated heterocycles. The summed E-state index contributed by atoms with van der Waals surface area (Å²) in [4.78, 5) is 4.11. The van der Waals surface area contributed by atoms with Gasteiger partial charge in [-0.05, 0) is 36.5 Å². The molecule has 18 heavy (non-hydrogen) atoms. The molecule has 0 saturated carbocycles. The van der Waals surface area contributed by atoms with Crippen molar-refractivity contribution in [3.8, 4) is 0 Å². The maximum Gasteiger partial charge on any atom is 0.0718 e. The summed E-state index contributed by atoms with van der Waals surface area (Å²) < 4.78 is 0. The Kier molecular flexibility index (Phi) is 3.20. The Morgan fingerprint density at radius 2 is 2.00 bits per heavy atom. The number of anilines is 1. The first-order chi connectivity index (χ1) is 8.83. The first-order valence-electron chi connectivity index (χ1n) is 6.26. The fourth-order valence-electron chi connectivity index (χ4n) is 2.52. The molecule has 1 aromatic heterocycles. The summed E-state index contributed by atoms with van der Waals surface area (Å²) in [5, 5.41) is 4.24. The van der Waals surface area contributed by atoms with Gasteiger partial charge in [0.05, 0.1) is 16.9 Å². The van der Waals surface area contributed by atoms with Crippen LogP contribution in [0.2, 0.25) is 5.02 Å². The molecule has 1 aromatic carbocycles. The summed E-state index contributed by atoms with van der Waals surface area (Å²) >= 11 is 6.14. The molecule has 0 bridgehead atoms. The third kappa shape index (κ3) is 2.34. The van der Waals surface area contributed by atoms with Gasteiger partial charge in [-0.2, -0.15) is 0 Å². The monoisotopic (exact) mass is 258 g/mol. The third-order valence-corrected chi connectivity index (χ3v) is 3.80. The maximum absolute atomic E-state index is 6.14. The number of pyridine rings is 1. The molecule has 3 rings (SSSR count). The van der Waals surface area contributed by atoms with E-state index in [2.05, 4.69) is 34.6 Å². The Labute approximate surface area is 112 Å². The molecule has 0 radical (unpaired) electrons. The first kappa shape index (κ1) is 11.5. The molecule has 92 valence electrons. The van der Waals surface area contributed by atoms with E-state index in [-0.39, 0.29) is 0 Å². The fourth-order valence-corrected chi connectivity index (χ4v) is 2.68. The molecular formula is C15H15ClN2. The van der Waals surface area contributed by atoms with E-state index >= 15 is 0 Å². The van der Waals surface area contributed by atoms with Gasteiger partial charge in [0.25, 0.3) is 0 Å². The highest BCUT2D eigenvalue weighted by Gasteiger charge is 2.18. The van der Waals surface area contributed by atoms with Gasteiger partial charge >= 0.3 is 0 Å². The number of benzene rings is 1. The van der Waals surface area contributed by atoms with E-state index in [9.17, 15) is 0 Å². The molecule has 2 nitrogen and oxygen atoms in total. The molecule has 1 N–H and O–H groups in total. The van der Waals surface area contributed by atoms with E-state index < -0.39 is 0 Å². The Bertz CT molecular complexity index is 554. The molecule has 1 heterocycles. The van der Waals surface area contributed by atoms with Gasteiger partial charge in [0.15, 0.2) is 0 Å². The van der Waals surface area contributed by atoms with Gasteiger partial charge in [-0.1, -0.05) is 35.9 Å². The molecule has 2 aromatic rings.